The number of rotatable bonds is 4. The normalized spacial score (nSPS) is 10.5. The first-order chi connectivity index (χ1) is 9.04. The van der Waals surface area contributed by atoms with Crippen molar-refractivity contribution < 1.29 is 19.2 Å². The molecule has 0 saturated carbocycles. The summed E-state index contributed by atoms with van der Waals surface area (Å²) in [6, 6.07) is 5.40. The molecule has 0 fully saturated rings. The molecule has 0 aliphatic carbocycles. The first kappa shape index (κ1) is 13.1. The quantitative estimate of drug-likeness (QED) is 0.915. The summed E-state index contributed by atoms with van der Waals surface area (Å²) in [6.07, 6.45) is 0. The second kappa shape index (κ2) is 5.14. The Morgan fingerprint density at radius 2 is 2.16 bits per heavy atom. The number of ether oxygens (including phenoxy) is 1. The minimum Gasteiger partial charge on any atom is -0.494 e. The highest BCUT2D eigenvalue weighted by atomic mass is 16.5. The van der Waals surface area contributed by atoms with Gasteiger partial charge in [0.05, 0.1) is 12.3 Å². The number of carboxylic acids is 1. The number of aryl methyl sites for hydroxylation is 2. The molecule has 0 aliphatic heterocycles. The van der Waals surface area contributed by atoms with Crippen LogP contribution in [-0.4, -0.2) is 22.8 Å². The lowest BCUT2D eigenvalue weighted by Crippen LogP contribution is -1.99. The molecule has 0 atom stereocenters. The minimum absolute atomic E-state index is 0.101. The lowest BCUT2D eigenvalue weighted by Gasteiger charge is -2.08. The highest BCUT2D eigenvalue weighted by Crippen LogP contribution is 2.30. The molecular formula is C14H15NO4. The Labute approximate surface area is 110 Å². The van der Waals surface area contributed by atoms with Gasteiger partial charge in [0.15, 0.2) is 5.76 Å². The van der Waals surface area contributed by atoms with Gasteiger partial charge in [-0.15, -0.1) is 0 Å². The Morgan fingerprint density at radius 1 is 1.42 bits per heavy atom. The van der Waals surface area contributed by atoms with Gasteiger partial charge < -0.3 is 14.4 Å². The third kappa shape index (κ3) is 2.45. The summed E-state index contributed by atoms with van der Waals surface area (Å²) in [5, 5.41) is 12.9. The predicted molar refractivity (Wildman–Crippen MR) is 69.5 cm³/mol. The van der Waals surface area contributed by atoms with E-state index in [-0.39, 0.29) is 11.3 Å². The van der Waals surface area contributed by atoms with E-state index in [0.29, 0.717) is 17.9 Å². The minimum atomic E-state index is -1.04. The molecule has 0 radical (unpaired) electrons. The van der Waals surface area contributed by atoms with Gasteiger partial charge in [0.25, 0.3) is 0 Å². The summed E-state index contributed by atoms with van der Waals surface area (Å²) in [5.41, 5.74) is 2.07. The molecular weight excluding hydrogens is 246 g/mol. The number of benzene rings is 1. The maximum Gasteiger partial charge on any atom is 0.341 e. The van der Waals surface area contributed by atoms with Crippen LogP contribution >= 0.6 is 0 Å². The first-order valence-electron chi connectivity index (χ1n) is 5.98. The van der Waals surface area contributed by atoms with E-state index in [1.807, 2.05) is 19.9 Å². The van der Waals surface area contributed by atoms with Crippen molar-refractivity contribution in [3.8, 4) is 17.1 Å². The van der Waals surface area contributed by atoms with Gasteiger partial charge in [0.2, 0.25) is 0 Å². The molecule has 0 saturated heterocycles. The summed E-state index contributed by atoms with van der Waals surface area (Å²) in [5.74, 6) is 0.01000. The Bertz CT molecular complexity index is 616. The maximum absolute atomic E-state index is 11.2. The topological polar surface area (TPSA) is 72.6 Å². The van der Waals surface area contributed by atoms with Gasteiger partial charge in [-0.2, -0.15) is 0 Å². The zero-order valence-corrected chi connectivity index (χ0v) is 11.1. The highest BCUT2D eigenvalue weighted by Gasteiger charge is 2.21. The van der Waals surface area contributed by atoms with Crippen LogP contribution in [0, 0.1) is 13.8 Å². The number of aromatic carboxylic acids is 1. The zero-order chi connectivity index (χ0) is 14.0. The average molecular weight is 261 g/mol. The first-order valence-corrected chi connectivity index (χ1v) is 5.98. The lowest BCUT2D eigenvalue weighted by molar-refractivity contribution is 0.0696. The van der Waals surface area contributed by atoms with Crippen molar-refractivity contribution in [2.75, 3.05) is 6.61 Å². The van der Waals surface area contributed by atoms with Crippen LogP contribution in [0.2, 0.25) is 0 Å². The molecule has 1 aromatic heterocycles. The molecule has 0 aliphatic rings. The van der Waals surface area contributed by atoms with Crippen molar-refractivity contribution in [1.29, 1.82) is 0 Å². The maximum atomic E-state index is 11.2. The van der Waals surface area contributed by atoms with Crippen molar-refractivity contribution in [3.63, 3.8) is 0 Å². The van der Waals surface area contributed by atoms with Crippen molar-refractivity contribution in [3.05, 3.63) is 35.0 Å². The standard InChI is InChI=1S/C14H15NO4/c1-4-18-11-6-5-10(7-8(11)2)13-12(14(16)17)9(3)15-19-13/h5-7H,4H2,1-3H3,(H,16,17). The van der Waals surface area contributed by atoms with Crippen LogP contribution in [0.3, 0.4) is 0 Å². The fourth-order valence-corrected chi connectivity index (χ4v) is 1.93. The van der Waals surface area contributed by atoms with Crippen LogP contribution in [0.5, 0.6) is 5.75 Å². The summed E-state index contributed by atoms with van der Waals surface area (Å²) in [7, 11) is 0. The van der Waals surface area contributed by atoms with Crippen molar-refractivity contribution in [1.82, 2.24) is 5.16 Å². The molecule has 0 bridgehead atoms. The largest absolute Gasteiger partial charge is 0.494 e. The average Bonchev–Trinajstić information content (AvgIpc) is 2.74. The van der Waals surface area contributed by atoms with Crippen LogP contribution in [-0.2, 0) is 0 Å². The van der Waals surface area contributed by atoms with Crippen LogP contribution in [0.15, 0.2) is 22.7 Å². The number of aromatic nitrogens is 1. The molecule has 19 heavy (non-hydrogen) atoms. The number of carboxylic acid groups (broad SMARTS) is 1. The van der Waals surface area contributed by atoms with E-state index in [0.717, 1.165) is 11.3 Å². The smallest absolute Gasteiger partial charge is 0.341 e. The molecule has 1 N–H and O–H groups in total. The van der Waals surface area contributed by atoms with Crippen molar-refractivity contribution in [2.24, 2.45) is 0 Å². The van der Waals surface area contributed by atoms with E-state index in [1.54, 1.807) is 19.1 Å². The van der Waals surface area contributed by atoms with Gasteiger partial charge in [-0.05, 0) is 44.5 Å². The zero-order valence-electron chi connectivity index (χ0n) is 11.1. The van der Waals surface area contributed by atoms with E-state index in [9.17, 15) is 9.90 Å². The molecule has 0 amide bonds. The van der Waals surface area contributed by atoms with Crippen LogP contribution in [0.4, 0.5) is 0 Å². The number of carbonyl (C=O) groups is 1. The summed E-state index contributed by atoms with van der Waals surface area (Å²) >= 11 is 0. The monoisotopic (exact) mass is 261 g/mol. The van der Waals surface area contributed by atoms with Gasteiger partial charge in [0.1, 0.15) is 11.3 Å². The molecule has 0 unspecified atom stereocenters. The molecule has 2 aromatic rings. The lowest BCUT2D eigenvalue weighted by atomic mass is 10.0. The van der Waals surface area contributed by atoms with Crippen LogP contribution in [0.1, 0.15) is 28.5 Å². The number of hydrogen-bond acceptors (Lipinski definition) is 4. The number of hydrogen-bond donors (Lipinski definition) is 1. The molecule has 5 heteroatoms. The van der Waals surface area contributed by atoms with Gasteiger partial charge in [0, 0.05) is 5.56 Å². The van der Waals surface area contributed by atoms with E-state index < -0.39 is 5.97 Å². The molecule has 0 spiro atoms. The van der Waals surface area contributed by atoms with Gasteiger partial charge in [-0.1, -0.05) is 5.16 Å². The third-order valence-electron chi connectivity index (χ3n) is 2.81. The Kier molecular flexibility index (Phi) is 3.55. The van der Waals surface area contributed by atoms with Crippen LogP contribution < -0.4 is 4.74 Å². The fourth-order valence-electron chi connectivity index (χ4n) is 1.93. The second-order valence-electron chi connectivity index (χ2n) is 4.19. The molecule has 5 nitrogen and oxygen atoms in total. The van der Waals surface area contributed by atoms with Gasteiger partial charge in [-0.25, -0.2) is 4.79 Å². The molecule has 1 heterocycles. The van der Waals surface area contributed by atoms with Crippen molar-refractivity contribution in [2.45, 2.75) is 20.8 Å². The predicted octanol–water partition coefficient (Wildman–Crippen LogP) is 3.06. The van der Waals surface area contributed by atoms with E-state index >= 15 is 0 Å². The Morgan fingerprint density at radius 3 is 2.74 bits per heavy atom. The van der Waals surface area contributed by atoms with Gasteiger partial charge >= 0.3 is 5.97 Å². The SMILES string of the molecule is CCOc1ccc(-c2onc(C)c2C(=O)O)cc1C. The summed E-state index contributed by atoms with van der Waals surface area (Å²) in [4.78, 5) is 11.2. The third-order valence-corrected chi connectivity index (χ3v) is 2.81. The molecule has 1 aromatic carbocycles. The summed E-state index contributed by atoms with van der Waals surface area (Å²) in [6.45, 7) is 6.01. The molecule has 2 rings (SSSR count). The fraction of sp³-hybridized carbons (Fsp3) is 0.286. The molecule has 100 valence electrons. The Balaban J connectivity index is 2.48. The van der Waals surface area contributed by atoms with E-state index in [4.69, 9.17) is 9.26 Å². The number of nitrogens with zero attached hydrogens (tertiary/aromatic N) is 1. The second-order valence-corrected chi connectivity index (χ2v) is 4.19. The van der Waals surface area contributed by atoms with E-state index in [1.165, 1.54) is 0 Å². The van der Waals surface area contributed by atoms with Crippen LogP contribution in [0.25, 0.3) is 11.3 Å². The Hall–Kier alpha value is -2.30. The van der Waals surface area contributed by atoms with Gasteiger partial charge in [-0.3, -0.25) is 0 Å². The highest BCUT2D eigenvalue weighted by molar-refractivity contribution is 5.95. The van der Waals surface area contributed by atoms with Crippen molar-refractivity contribution >= 4 is 5.97 Å². The summed E-state index contributed by atoms with van der Waals surface area (Å²) < 4.78 is 10.6. The van der Waals surface area contributed by atoms with E-state index in [2.05, 4.69) is 5.16 Å².